The van der Waals surface area contributed by atoms with Crippen molar-refractivity contribution in [2.24, 2.45) is 11.1 Å². The van der Waals surface area contributed by atoms with Crippen LogP contribution in [0.15, 0.2) is 59.6 Å². The molecular weight excluding hydrogens is 515 g/mol. The van der Waals surface area contributed by atoms with Crippen LogP contribution < -0.4 is 15.4 Å². The second kappa shape index (κ2) is 9.85. The molecule has 3 N–H and O–H groups in total. The van der Waals surface area contributed by atoms with E-state index in [1.165, 1.54) is 12.1 Å². The zero-order chi connectivity index (χ0) is 27.1. The van der Waals surface area contributed by atoms with Crippen LogP contribution in [0.2, 0.25) is 0 Å². The Morgan fingerprint density at radius 2 is 1.74 bits per heavy atom. The van der Waals surface area contributed by atoms with Crippen molar-refractivity contribution in [1.29, 1.82) is 0 Å². The number of hydrogen-bond donors (Lipinski definition) is 2. The Bertz CT molecular complexity index is 1440. The van der Waals surface area contributed by atoms with Crippen LogP contribution in [0.5, 0.6) is 0 Å². The first-order valence-corrected chi connectivity index (χ1v) is 14.1. The lowest BCUT2D eigenvalue weighted by molar-refractivity contribution is -0.137. The van der Waals surface area contributed by atoms with Gasteiger partial charge in [0.05, 0.1) is 11.3 Å². The molecule has 2 fully saturated rings. The standard InChI is InChI=1S/C27H30F3N5O2S/c1-18-6-2-3-7-19(18)25-20(27(28,29)30)11-12-22(32-25)34-38(36,37)24-10-4-9-23(33-24)35-16-14-26(15-17-35)13-5-8-21(26)31/h2-4,6-7,9-12,21H,5,8,13-17,31H2,1H3,(H,32,34)/t21-/m1/s1. The van der Waals surface area contributed by atoms with Crippen molar-refractivity contribution >= 4 is 21.7 Å². The second-order valence-electron chi connectivity index (χ2n) is 10.2. The molecule has 1 aromatic carbocycles. The number of hydrogen-bond acceptors (Lipinski definition) is 6. The third-order valence-electron chi connectivity index (χ3n) is 7.88. The highest BCUT2D eigenvalue weighted by Crippen LogP contribution is 2.46. The maximum Gasteiger partial charge on any atom is 0.418 e. The monoisotopic (exact) mass is 545 g/mol. The van der Waals surface area contributed by atoms with Crippen LogP contribution >= 0.6 is 0 Å². The molecule has 11 heteroatoms. The molecular formula is C27H30F3N5O2S. The van der Waals surface area contributed by atoms with Crippen LogP contribution in [0, 0.1) is 12.3 Å². The van der Waals surface area contributed by atoms with Crippen molar-refractivity contribution in [1.82, 2.24) is 9.97 Å². The summed E-state index contributed by atoms with van der Waals surface area (Å²) in [6, 6.07) is 13.3. The van der Waals surface area contributed by atoms with E-state index < -0.39 is 21.8 Å². The topological polar surface area (TPSA) is 101 Å². The molecule has 0 unspecified atom stereocenters. The summed E-state index contributed by atoms with van der Waals surface area (Å²) in [6.07, 6.45) is 0.514. The van der Waals surface area contributed by atoms with E-state index in [2.05, 4.69) is 19.6 Å². The number of nitrogens with zero attached hydrogens (tertiary/aromatic N) is 3. The van der Waals surface area contributed by atoms with Crippen LogP contribution in [0.3, 0.4) is 0 Å². The minimum Gasteiger partial charge on any atom is -0.357 e. The van der Waals surface area contributed by atoms with Gasteiger partial charge in [0.1, 0.15) is 11.6 Å². The van der Waals surface area contributed by atoms with Crippen LogP contribution in [-0.4, -0.2) is 37.5 Å². The smallest absolute Gasteiger partial charge is 0.357 e. The molecule has 3 heterocycles. The molecule has 0 radical (unpaired) electrons. The van der Waals surface area contributed by atoms with Gasteiger partial charge in [0.15, 0.2) is 5.03 Å². The van der Waals surface area contributed by atoms with Gasteiger partial charge in [-0.25, -0.2) is 9.97 Å². The van der Waals surface area contributed by atoms with Crippen molar-refractivity contribution in [3.63, 3.8) is 0 Å². The van der Waals surface area contributed by atoms with Gasteiger partial charge >= 0.3 is 6.18 Å². The van der Waals surface area contributed by atoms with E-state index in [9.17, 15) is 21.6 Å². The number of anilines is 2. The zero-order valence-corrected chi connectivity index (χ0v) is 21.8. The second-order valence-corrected chi connectivity index (χ2v) is 11.8. The average Bonchev–Trinajstić information content (AvgIpc) is 3.23. The van der Waals surface area contributed by atoms with E-state index in [1.54, 1.807) is 37.3 Å². The molecule has 7 nitrogen and oxygen atoms in total. The molecule has 202 valence electrons. The van der Waals surface area contributed by atoms with Gasteiger partial charge < -0.3 is 10.6 Å². The number of aryl methyl sites for hydroxylation is 1. The number of nitrogens with one attached hydrogen (secondary N) is 1. The number of sulfonamides is 1. The zero-order valence-electron chi connectivity index (χ0n) is 21.0. The van der Waals surface area contributed by atoms with Crippen LogP contribution in [0.25, 0.3) is 11.3 Å². The van der Waals surface area contributed by atoms with Crippen LogP contribution in [-0.2, 0) is 16.2 Å². The molecule has 0 bridgehead atoms. The highest BCUT2D eigenvalue weighted by molar-refractivity contribution is 7.92. The Balaban J connectivity index is 1.40. The Morgan fingerprint density at radius 1 is 1.00 bits per heavy atom. The number of rotatable bonds is 5. The maximum atomic E-state index is 13.7. The lowest BCUT2D eigenvalue weighted by Gasteiger charge is -2.42. The predicted octanol–water partition coefficient (Wildman–Crippen LogP) is 5.37. The van der Waals surface area contributed by atoms with Gasteiger partial charge in [-0.05, 0) is 67.9 Å². The molecule has 1 spiro atoms. The molecule has 1 saturated carbocycles. The molecule has 0 amide bonds. The van der Waals surface area contributed by atoms with Crippen molar-refractivity contribution in [2.75, 3.05) is 22.7 Å². The number of pyridine rings is 2. The summed E-state index contributed by atoms with van der Waals surface area (Å²) in [4.78, 5) is 10.5. The fourth-order valence-corrected chi connectivity index (χ4v) is 6.64. The first kappa shape index (κ1) is 26.4. The predicted molar refractivity (Wildman–Crippen MR) is 140 cm³/mol. The normalized spacial score (nSPS) is 19.6. The van der Waals surface area contributed by atoms with E-state index in [0.717, 1.165) is 57.3 Å². The van der Waals surface area contributed by atoms with Crippen molar-refractivity contribution < 1.29 is 21.6 Å². The van der Waals surface area contributed by atoms with Crippen LogP contribution in [0.1, 0.15) is 43.2 Å². The number of nitrogens with two attached hydrogens (primary N) is 1. The Kier molecular flexibility index (Phi) is 6.85. The summed E-state index contributed by atoms with van der Waals surface area (Å²) < 4.78 is 70.0. The Labute approximate surface area is 220 Å². The highest BCUT2D eigenvalue weighted by Gasteiger charge is 2.43. The molecule has 2 aromatic heterocycles. The number of halogens is 3. The summed E-state index contributed by atoms with van der Waals surface area (Å²) in [7, 11) is -4.21. The summed E-state index contributed by atoms with van der Waals surface area (Å²) in [5.74, 6) is 0.314. The largest absolute Gasteiger partial charge is 0.418 e. The molecule has 38 heavy (non-hydrogen) atoms. The van der Waals surface area contributed by atoms with Crippen molar-refractivity contribution in [3.05, 3.63) is 65.7 Å². The lowest BCUT2D eigenvalue weighted by Crippen LogP contribution is -2.47. The Morgan fingerprint density at radius 3 is 2.39 bits per heavy atom. The Hall–Kier alpha value is -3.18. The molecule has 3 aromatic rings. The molecule has 1 saturated heterocycles. The van der Waals surface area contributed by atoms with Gasteiger partial charge in [-0.15, -0.1) is 0 Å². The van der Waals surface area contributed by atoms with E-state index in [1.807, 2.05) is 0 Å². The van der Waals surface area contributed by atoms with E-state index in [-0.39, 0.29) is 33.6 Å². The van der Waals surface area contributed by atoms with Crippen molar-refractivity contribution in [3.8, 4) is 11.3 Å². The maximum absolute atomic E-state index is 13.7. The first-order valence-electron chi connectivity index (χ1n) is 12.6. The summed E-state index contributed by atoms with van der Waals surface area (Å²) in [5, 5.41) is -0.230. The molecule has 2 aliphatic rings. The lowest BCUT2D eigenvalue weighted by atomic mass is 9.74. The summed E-state index contributed by atoms with van der Waals surface area (Å²) >= 11 is 0. The quantitative estimate of drug-likeness (QED) is 0.447. The molecule has 1 aliphatic heterocycles. The van der Waals surface area contributed by atoms with Crippen LogP contribution in [0.4, 0.5) is 24.8 Å². The molecule has 5 rings (SSSR count). The number of alkyl halides is 3. The van der Waals surface area contributed by atoms with E-state index in [0.29, 0.717) is 11.4 Å². The van der Waals surface area contributed by atoms with Gasteiger partial charge in [0.25, 0.3) is 10.0 Å². The fraction of sp³-hybridized carbons (Fsp3) is 0.407. The number of piperidine rings is 1. The summed E-state index contributed by atoms with van der Waals surface area (Å²) in [5.41, 5.74) is 6.11. The average molecular weight is 546 g/mol. The van der Waals surface area contributed by atoms with E-state index >= 15 is 0 Å². The number of aromatic nitrogens is 2. The third kappa shape index (κ3) is 5.09. The highest BCUT2D eigenvalue weighted by atomic mass is 32.2. The first-order chi connectivity index (χ1) is 18.0. The van der Waals surface area contributed by atoms with Crippen molar-refractivity contribution in [2.45, 2.75) is 56.3 Å². The van der Waals surface area contributed by atoms with E-state index in [4.69, 9.17) is 5.73 Å². The minimum absolute atomic E-state index is 0.158. The van der Waals surface area contributed by atoms with Gasteiger partial charge in [0, 0.05) is 24.7 Å². The SMILES string of the molecule is Cc1ccccc1-c1nc(NS(=O)(=O)c2cccc(N3CCC4(CCC[C@H]4N)CC3)n2)ccc1C(F)(F)F. The third-order valence-corrected chi connectivity index (χ3v) is 9.14. The fourth-order valence-electron chi connectivity index (χ4n) is 5.68. The van der Waals surface area contributed by atoms with Gasteiger partial charge in [-0.1, -0.05) is 36.8 Å². The van der Waals surface area contributed by atoms with Gasteiger partial charge in [-0.3, -0.25) is 4.72 Å². The molecule has 1 aliphatic carbocycles. The molecule has 1 atom stereocenters. The minimum atomic E-state index is -4.66. The van der Waals surface area contributed by atoms with Gasteiger partial charge in [-0.2, -0.15) is 21.6 Å². The number of benzene rings is 1. The van der Waals surface area contributed by atoms with Gasteiger partial charge in [0.2, 0.25) is 0 Å². The summed E-state index contributed by atoms with van der Waals surface area (Å²) in [6.45, 7) is 3.14.